The molecule has 0 N–H and O–H groups in total. The van der Waals surface area contributed by atoms with Crippen LogP contribution >= 0.6 is 0 Å². The Hall–Kier alpha value is -2.03. The van der Waals surface area contributed by atoms with Crippen molar-refractivity contribution in [3.05, 3.63) is 66.0 Å². The van der Waals surface area contributed by atoms with E-state index in [1.807, 2.05) is 12.4 Å². The van der Waals surface area contributed by atoms with Crippen LogP contribution in [0.5, 0.6) is 0 Å². The third kappa shape index (κ3) is 1.35. The fourth-order valence-corrected chi connectivity index (χ4v) is 6.30. The molecule has 1 aromatic carbocycles. The molecule has 1 aromatic heterocycles. The molecule has 2 heterocycles. The number of hydrogen-bond acceptors (Lipinski definition) is 3. The van der Waals surface area contributed by atoms with Crippen LogP contribution in [-0.2, 0) is 11.1 Å². The second-order valence-corrected chi connectivity index (χ2v) is 8.10. The van der Waals surface area contributed by atoms with Crippen LogP contribution in [0.1, 0.15) is 44.2 Å². The van der Waals surface area contributed by atoms with Gasteiger partial charge in [0.2, 0.25) is 0 Å². The van der Waals surface area contributed by atoms with Gasteiger partial charge >= 0.3 is 0 Å². The Labute approximate surface area is 143 Å². The summed E-state index contributed by atoms with van der Waals surface area (Å²) in [6, 6.07) is 15.2. The Morgan fingerprint density at radius 1 is 0.792 bits per heavy atom. The van der Waals surface area contributed by atoms with Gasteiger partial charge in [0.25, 0.3) is 0 Å². The van der Waals surface area contributed by atoms with Crippen LogP contribution in [0.25, 0.3) is 0 Å². The molecular weight excluding hydrogens is 294 g/mol. The largest absolute Gasteiger partial charge is 0.265 e. The monoisotopic (exact) mass is 317 g/mol. The van der Waals surface area contributed by atoms with Crippen LogP contribution in [0.4, 0.5) is 0 Å². The highest BCUT2D eigenvalue weighted by molar-refractivity contribution is 5.44. The van der Waals surface area contributed by atoms with Crippen molar-refractivity contribution in [1.82, 2.24) is 4.98 Å². The zero-order valence-corrected chi connectivity index (χ0v) is 14.3. The summed E-state index contributed by atoms with van der Waals surface area (Å²) < 4.78 is 0. The summed E-state index contributed by atoms with van der Waals surface area (Å²) >= 11 is 0. The molecule has 0 unspecified atom stereocenters. The van der Waals surface area contributed by atoms with Crippen molar-refractivity contribution < 1.29 is 0 Å². The molecule has 0 radical (unpaired) electrons. The zero-order chi connectivity index (χ0) is 16.4. The molecule has 122 valence electrons. The molecular formula is C21H23N3. The van der Waals surface area contributed by atoms with Gasteiger partial charge in [-0.3, -0.25) is 4.98 Å². The van der Waals surface area contributed by atoms with Crippen molar-refractivity contribution in [1.29, 1.82) is 0 Å². The number of aromatic nitrogens is 1. The maximum atomic E-state index is 5.05. The Bertz CT molecular complexity index is 733. The number of benzene rings is 1. The highest BCUT2D eigenvalue weighted by Crippen LogP contribution is 2.77. The fraction of sp³-hybridized carbons (Fsp3) is 0.476. The molecule has 1 aliphatic heterocycles. The van der Waals surface area contributed by atoms with E-state index < -0.39 is 0 Å². The molecule has 0 amide bonds. The second-order valence-electron chi connectivity index (χ2n) is 8.10. The van der Waals surface area contributed by atoms with Crippen molar-refractivity contribution in [2.75, 3.05) is 0 Å². The minimum absolute atomic E-state index is 0.0432. The summed E-state index contributed by atoms with van der Waals surface area (Å²) in [6.45, 7) is 4.78. The van der Waals surface area contributed by atoms with Gasteiger partial charge < -0.3 is 0 Å². The molecule has 2 saturated carbocycles. The van der Waals surface area contributed by atoms with E-state index in [0.29, 0.717) is 11.8 Å². The minimum atomic E-state index is -0.215. The van der Waals surface area contributed by atoms with E-state index in [2.05, 4.69) is 61.3 Å². The Kier molecular flexibility index (Phi) is 2.70. The van der Waals surface area contributed by atoms with Crippen molar-refractivity contribution in [3.63, 3.8) is 0 Å². The van der Waals surface area contributed by atoms with Gasteiger partial charge in [0.05, 0.1) is 0 Å². The standard InChI is InChI=1S/C21H23N3/c1-19(2)20(15-7-4-3-5-8-15)17-9-6-10-18(17)21(19,24-23-20)16-11-13-22-14-12-16/h3-5,7-8,11-14,17-18H,6,9-10H2,1-2H3/t17-,18+,20-,21+/m0/s1. The molecule has 3 heteroatoms. The number of nitrogens with zero attached hydrogens (tertiary/aromatic N) is 3. The molecule has 4 atom stereocenters. The lowest BCUT2D eigenvalue weighted by Gasteiger charge is -2.41. The molecule has 2 bridgehead atoms. The topological polar surface area (TPSA) is 37.6 Å². The molecule has 2 aromatic rings. The lowest BCUT2D eigenvalue weighted by molar-refractivity contribution is 0.140. The predicted octanol–water partition coefficient (Wildman–Crippen LogP) is 5.09. The summed E-state index contributed by atoms with van der Waals surface area (Å²) in [7, 11) is 0. The lowest BCUT2D eigenvalue weighted by atomic mass is 9.61. The van der Waals surface area contributed by atoms with E-state index in [-0.39, 0.29) is 16.5 Å². The first-order valence-electron chi connectivity index (χ1n) is 9.05. The number of pyridine rings is 1. The fourth-order valence-electron chi connectivity index (χ4n) is 6.30. The maximum absolute atomic E-state index is 5.05. The smallest absolute Gasteiger partial charge is 0.117 e. The van der Waals surface area contributed by atoms with Gasteiger partial charge in [-0.15, -0.1) is 0 Å². The molecule has 24 heavy (non-hydrogen) atoms. The summed E-state index contributed by atoms with van der Waals surface area (Å²) in [5, 5.41) is 10.1. The van der Waals surface area contributed by atoms with Crippen molar-refractivity contribution >= 4 is 0 Å². The Morgan fingerprint density at radius 2 is 1.33 bits per heavy atom. The van der Waals surface area contributed by atoms with Gasteiger partial charge in [-0.2, -0.15) is 10.2 Å². The Morgan fingerprint density at radius 3 is 1.92 bits per heavy atom. The van der Waals surface area contributed by atoms with Gasteiger partial charge in [-0.25, -0.2) is 0 Å². The highest BCUT2D eigenvalue weighted by Gasteiger charge is 2.78. The second kappa shape index (κ2) is 4.53. The van der Waals surface area contributed by atoms with E-state index in [9.17, 15) is 0 Å². The molecule has 5 rings (SSSR count). The number of fused-ring (bicyclic) bond motifs is 5. The van der Waals surface area contributed by atoms with Crippen LogP contribution in [0.2, 0.25) is 0 Å². The van der Waals surface area contributed by atoms with E-state index in [1.54, 1.807) is 0 Å². The van der Waals surface area contributed by atoms with Gasteiger partial charge in [-0.05, 0) is 47.9 Å². The molecule has 2 aliphatic carbocycles. The maximum Gasteiger partial charge on any atom is 0.117 e. The predicted molar refractivity (Wildman–Crippen MR) is 93.5 cm³/mol. The van der Waals surface area contributed by atoms with Gasteiger partial charge in [0, 0.05) is 17.8 Å². The summed E-state index contributed by atoms with van der Waals surface area (Å²) in [4.78, 5) is 4.23. The van der Waals surface area contributed by atoms with Crippen LogP contribution in [-0.4, -0.2) is 4.98 Å². The third-order valence-electron chi connectivity index (χ3n) is 7.19. The van der Waals surface area contributed by atoms with Crippen molar-refractivity contribution in [2.45, 2.75) is 44.2 Å². The number of hydrogen-bond donors (Lipinski definition) is 0. The average molecular weight is 317 g/mol. The Balaban J connectivity index is 1.80. The molecule has 3 nitrogen and oxygen atoms in total. The van der Waals surface area contributed by atoms with Crippen LogP contribution in [0, 0.1) is 17.3 Å². The van der Waals surface area contributed by atoms with Gasteiger partial charge in [0.1, 0.15) is 11.1 Å². The SMILES string of the molecule is CC1(C)[C@]2(c3ccncc3)N=N[C@@]1(c1ccccc1)[C@H]1CCC[C@H]12. The van der Waals surface area contributed by atoms with Gasteiger partial charge in [-0.1, -0.05) is 50.6 Å². The van der Waals surface area contributed by atoms with Crippen LogP contribution in [0.3, 0.4) is 0 Å². The first-order chi connectivity index (χ1) is 11.6. The van der Waals surface area contributed by atoms with Crippen LogP contribution in [0.15, 0.2) is 65.1 Å². The minimum Gasteiger partial charge on any atom is -0.265 e. The average Bonchev–Trinajstić information content (AvgIpc) is 3.24. The summed E-state index contributed by atoms with van der Waals surface area (Å²) in [5.74, 6) is 1.16. The first-order valence-corrected chi connectivity index (χ1v) is 9.05. The summed E-state index contributed by atoms with van der Waals surface area (Å²) in [6.07, 6.45) is 7.61. The van der Waals surface area contributed by atoms with E-state index in [0.717, 1.165) is 0 Å². The first kappa shape index (κ1) is 14.3. The zero-order valence-electron chi connectivity index (χ0n) is 14.3. The van der Waals surface area contributed by atoms with E-state index in [4.69, 9.17) is 10.2 Å². The van der Waals surface area contributed by atoms with Crippen molar-refractivity contribution in [2.24, 2.45) is 27.5 Å². The molecule has 2 fully saturated rings. The molecule has 3 aliphatic rings. The van der Waals surface area contributed by atoms with E-state index >= 15 is 0 Å². The number of azo groups is 1. The van der Waals surface area contributed by atoms with Gasteiger partial charge in [0.15, 0.2) is 0 Å². The normalized spacial score (nSPS) is 38.4. The number of rotatable bonds is 2. The van der Waals surface area contributed by atoms with Crippen molar-refractivity contribution in [3.8, 4) is 0 Å². The van der Waals surface area contributed by atoms with Crippen LogP contribution < -0.4 is 0 Å². The van der Waals surface area contributed by atoms with E-state index in [1.165, 1.54) is 30.4 Å². The molecule has 0 spiro atoms. The highest BCUT2D eigenvalue weighted by atomic mass is 15.3. The quantitative estimate of drug-likeness (QED) is 0.759. The summed E-state index contributed by atoms with van der Waals surface area (Å²) in [5.41, 5.74) is 2.17. The molecule has 0 saturated heterocycles. The third-order valence-corrected chi connectivity index (χ3v) is 7.19. The lowest BCUT2D eigenvalue weighted by Crippen LogP contribution is -2.44.